The quantitative estimate of drug-likeness (QED) is 0.0433. The lowest BCUT2D eigenvalue weighted by Crippen LogP contribution is -2.65. The molecule has 310 valence electrons. The maximum Gasteiger partial charge on any atom is 0.333 e. The first-order valence-electron chi connectivity index (χ1n) is 18.1. The molecule has 4 fully saturated rings. The maximum absolute atomic E-state index is 12.4. The zero-order chi connectivity index (χ0) is 39.7. The Morgan fingerprint density at radius 2 is 1.26 bits per heavy atom. The summed E-state index contributed by atoms with van der Waals surface area (Å²) in [5.41, 5.74) is 0. The van der Waals surface area contributed by atoms with Crippen molar-refractivity contribution < 1.29 is 98.8 Å². The Morgan fingerprint density at radius 1 is 0.648 bits per heavy atom. The van der Waals surface area contributed by atoms with E-state index in [0.717, 1.165) is 0 Å². The van der Waals surface area contributed by atoms with E-state index in [1.54, 1.807) is 0 Å². The second kappa shape index (κ2) is 20.7. The molecule has 0 unspecified atom stereocenters. The van der Waals surface area contributed by atoms with Gasteiger partial charge < -0.3 is 79.6 Å². The summed E-state index contributed by atoms with van der Waals surface area (Å²) in [6, 6.07) is 0. The van der Waals surface area contributed by atoms with E-state index < -0.39 is 129 Å². The van der Waals surface area contributed by atoms with Crippen molar-refractivity contribution in [2.45, 2.75) is 150 Å². The van der Waals surface area contributed by atoms with E-state index >= 15 is 0 Å². The number of unbranched alkanes of at least 4 members (excludes halogenated alkanes) is 2. The highest BCUT2D eigenvalue weighted by atomic mass is 16.7. The number of ketones is 1. The summed E-state index contributed by atoms with van der Waals surface area (Å²) in [5, 5.41) is 104. The molecule has 4 rings (SSSR count). The first kappa shape index (κ1) is 44.4. The Hall–Kier alpha value is -2.32. The van der Waals surface area contributed by atoms with Gasteiger partial charge in [0.2, 0.25) is 0 Å². The van der Waals surface area contributed by atoms with Crippen LogP contribution in [-0.4, -0.2) is 192 Å². The Labute approximate surface area is 309 Å². The number of carbonyl (C=O) groups excluding carboxylic acids is 4. The summed E-state index contributed by atoms with van der Waals surface area (Å²) in [6.07, 6.45) is -20.8. The standard InChI is InChI=1S/C33H53NO20/c35-12-15-11-17(24(42)27(45)23(15)41)50-14-19-26(44)31(53-33-29(47)28(46)25(43)18(13-36)51-33)30(48)32(52-19)49-10-4-3-6-16(37)5-1-2-7-22(40)54-34-20(38)8-9-21(34)39/h15,17-19,23-33,35-36,41-48H,1-14H2/t15-,17+,18-,19-,23-,24-,25-,26-,27+,28+,29+,30+,31+,32-,33-/m1/s1. The normalized spacial score (nSPS) is 38.9. The van der Waals surface area contributed by atoms with Crippen LogP contribution < -0.4 is 0 Å². The average molecular weight is 784 g/mol. The van der Waals surface area contributed by atoms with E-state index in [0.29, 0.717) is 30.7 Å². The maximum atomic E-state index is 12.4. The van der Waals surface area contributed by atoms with E-state index in [9.17, 15) is 70.2 Å². The van der Waals surface area contributed by atoms with Crippen molar-refractivity contribution >= 4 is 23.6 Å². The number of carbonyl (C=O) groups is 4. The van der Waals surface area contributed by atoms with Crippen molar-refractivity contribution in [3.63, 3.8) is 0 Å². The van der Waals surface area contributed by atoms with Crippen LogP contribution in [0.4, 0.5) is 0 Å². The minimum absolute atomic E-state index is 0.0162. The van der Waals surface area contributed by atoms with Crippen LogP contribution in [0.2, 0.25) is 0 Å². The number of rotatable bonds is 19. The third-order valence-corrected chi connectivity index (χ3v) is 10.0. The van der Waals surface area contributed by atoms with Crippen molar-refractivity contribution in [1.29, 1.82) is 0 Å². The molecule has 3 saturated heterocycles. The summed E-state index contributed by atoms with van der Waals surface area (Å²) < 4.78 is 28.3. The van der Waals surface area contributed by atoms with Crippen LogP contribution in [0.15, 0.2) is 0 Å². The minimum atomic E-state index is -1.88. The van der Waals surface area contributed by atoms with Gasteiger partial charge in [-0.15, -0.1) is 5.06 Å². The molecule has 15 atom stereocenters. The number of hydroxylamine groups is 2. The molecule has 0 aromatic rings. The van der Waals surface area contributed by atoms with Gasteiger partial charge in [-0.2, -0.15) is 0 Å². The van der Waals surface area contributed by atoms with Crippen molar-refractivity contribution in [1.82, 2.24) is 5.06 Å². The van der Waals surface area contributed by atoms with E-state index in [1.165, 1.54) is 0 Å². The smallest absolute Gasteiger partial charge is 0.333 e. The zero-order valence-corrected chi connectivity index (χ0v) is 29.6. The molecule has 0 spiro atoms. The van der Waals surface area contributed by atoms with Gasteiger partial charge in [-0.1, -0.05) is 0 Å². The minimum Gasteiger partial charge on any atom is -0.396 e. The van der Waals surface area contributed by atoms with E-state index in [-0.39, 0.29) is 50.9 Å². The number of hydrogen-bond donors (Lipinski definition) is 10. The lowest BCUT2D eigenvalue weighted by Gasteiger charge is -2.46. The van der Waals surface area contributed by atoms with Gasteiger partial charge in [0.05, 0.1) is 25.4 Å². The molecule has 21 heteroatoms. The molecular weight excluding hydrogens is 730 g/mol. The Kier molecular flexibility index (Phi) is 17.0. The Morgan fingerprint density at radius 3 is 1.91 bits per heavy atom. The Balaban J connectivity index is 1.28. The molecule has 21 nitrogen and oxygen atoms in total. The van der Waals surface area contributed by atoms with Gasteiger partial charge in [-0.25, -0.2) is 4.79 Å². The molecule has 1 saturated carbocycles. The van der Waals surface area contributed by atoms with E-state index in [4.69, 9.17) is 28.5 Å². The van der Waals surface area contributed by atoms with Crippen LogP contribution in [0.5, 0.6) is 0 Å². The monoisotopic (exact) mass is 783 g/mol. The van der Waals surface area contributed by atoms with Gasteiger partial charge in [-0.3, -0.25) is 14.4 Å². The molecule has 0 radical (unpaired) electrons. The van der Waals surface area contributed by atoms with Crippen molar-refractivity contribution in [3.05, 3.63) is 0 Å². The lowest BCUT2D eigenvalue weighted by atomic mass is 9.81. The van der Waals surface area contributed by atoms with Crippen molar-refractivity contribution in [2.75, 3.05) is 26.4 Å². The molecule has 4 aliphatic rings. The van der Waals surface area contributed by atoms with Gasteiger partial charge >= 0.3 is 5.97 Å². The van der Waals surface area contributed by atoms with Crippen LogP contribution in [0.1, 0.15) is 64.2 Å². The number of imide groups is 1. The highest BCUT2D eigenvalue weighted by Gasteiger charge is 2.52. The van der Waals surface area contributed by atoms with Crippen LogP contribution in [0.25, 0.3) is 0 Å². The van der Waals surface area contributed by atoms with Gasteiger partial charge in [0.1, 0.15) is 66.8 Å². The number of nitrogens with zero attached hydrogens (tertiary/aromatic N) is 1. The lowest BCUT2D eigenvalue weighted by molar-refractivity contribution is -0.361. The fraction of sp³-hybridized carbons (Fsp3) is 0.879. The van der Waals surface area contributed by atoms with Crippen molar-refractivity contribution in [3.8, 4) is 0 Å². The fourth-order valence-corrected chi connectivity index (χ4v) is 6.66. The molecule has 2 amide bonds. The summed E-state index contributed by atoms with van der Waals surface area (Å²) in [5.74, 6) is -2.84. The van der Waals surface area contributed by atoms with Crippen LogP contribution in [0, 0.1) is 5.92 Å². The predicted molar refractivity (Wildman–Crippen MR) is 173 cm³/mol. The van der Waals surface area contributed by atoms with Crippen LogP contribution in [0.3, 0.4) is 0 Å². The first-order valence-corrected chi connectivity index (χ1v) is 18.1. The first-order chi connectivity index (χ1) is 25.7. The summed E-state index contributed by atoms with van der Waals surface area (Å²) >= 11 is 0. The number of hydrogen-bond acceptors (Lipinski definition) is 20. The molecule has 3 aliphatic heterocycles. The molecule has 3 heterocycles. The topological polar surface area (TPSA) is 329 Å². The van der Waals surface area contributed by atoms with Crippen LogP contribution in [-0.2, 0) is 47.7 Å². The number of aliphatic hydroxyl groups is 10. The third kappa shape index (κ3) is 11.2. The van der Waals surface area contributed by atoms with Gasteiger partial charge in [0, 0.05) is 51.2 Å². The van der Waals surface area contributed by atoms with Gasteiger partial charge in [0.15, 0.2) is 12.6 Å². The summed E-state index contributed by atoms with van der Waals surface area (Å²) in [4.78, 5) is 52.2. The molecule has 10 N–H and O–H groups in total. The fourth-order valence-electron chi connectivity index (χ4n) is 6.66. The number of ether oxygens (including phenoxy) is 5. The average Bonchev–Trinajstić information content (AvgIpc) is 3.46. The SMILES string of the molecule is O=C(CCCCO[C@@H]1O[C@H](CO[C@H]2C[C@H](CO)[C@@H](O)[C@H](O)[C@@H]2O)[C@@H](O)[C@H](O[C@H]2O[C@H](CO)[C@@H](O)[C@H](O)[C@@H]2O)[C@@H]1O)CCCCC(=O)ON1C(=O)CCC1=O. The molecule has 1 aliphatic carbocycles. The third-order valence-electron chi connectivity index (χ3n) is 10.0. The van der Waals surface area contributed by atoms with Gasteiger partial charge in [0.25, 0.3) is 11.8 Å². The number of amides is 2. The molecular formula is C33H53NO20. The highest BCUT2D eigenvalue weighted by molar-refractivity contribution is 6.01. The molecule has 0 aromatic carbocycles. The Bertz CT molecular complexity index is 1220. The van der Waals surface area contributed by atoms with Crippen molar-refractivity contribution in [2.24, 2.45) is 5.92 Å². The second-order valence-corrected chi connectivity index (χ2v) is 14.0. The predicted octanol–water partition coefficient (Wildman–Crippen LogP) is -4.98. The highest BCUT2D eigenvalue weighted by Crippen LogP contribution is 2.32. The zero-order valence-electron chi connectivity index (χ0n) is 29.6. The number of Topliss-reactive ketones (excluding diaryl/α,β-unsaturated/α-hetero) is 1. The second-order valence-electron chi connectivity index (χ2n) is 14.0. The van der Waals surface area contributed by atoms with E-state index in [2.05, 4.69) is 0 Å². The molecule has 0 bridgehead atoms. The summed E-state index contributed by atoms with van der Waals surface area (Å²) in [6.45, 7) is -1.84. The van der Waals surface area contributed by atoms with E-state index in [1.807, 2.05) is 0 Å². The largest absolute Gasteiger partial charge is 0.396 e. The molecule has 54 heavy (non-hydrogen) atoms. The van der Waals surface area contributed by atoms with Crippen LogP contribution >= 0.6 is 0 Å². The molecule has 0 aromatic heterocycles. The number of aliphatic hydroxyl groups excluding tert-OH is 10. The van der Waals surface area contributed by atoms with Gasteiger partial charge in [-0.05, 0) is 32.1 Å². The summed E-state index contributed by atoms with van der Waals surface area (Å²) in [7, 11) is 0.